The summed E-state index contributed by atoms with van der Waals surface area (Å²) in [6, 6.07) is 5.23. The van der Waals surface area contributed by atoms with Gasteiger partial charge in [0, 0.05) is 6.54 Å². The number of aromatic nitrogens is 1. The largest absolute Gasteiger partial charge is 0.477 e. The third kappa shape index (κ3) is 3.37. The van der Waals surface area contributed by atoms with Gasteiger partial charge in [-0.15, -0.1) is 0 Å². The molecule has 1 N–H and O–H groups in total. The quantitative estimate of drug-likeness (QED) is 0.897. The van der Waals surface area contributed by atoms with Crippen LogP contribution in [0.15, 0.2) is 18.2 Å². The fourth-order valence-electron chi connectivity index (χ4n) is 3.06. The van der Waals surface area contributed by atoms with Crippen LogP contribution in [0.5, 0.6) is 0 Å². The van der Waals surface area contributed by atoms with Crippen LogP contribution in [0.3, 0.4) is 0 Å². The van der Waals surface area contributed by atoms with Crippen molar-refractivity contribution in [2.24, 2.45) is 5.41 Å². The first-order valence-electron chi connectivity index (χ1n) is 7.50. The topological polar surface area (TPSA) is 53.4 Å². The Hall–Kier alpha value is -1.42. The molecule has 0 amide bonds. The van der Waals surface area contributed by atoms with Crippen molar-refractivity contribution in [3.63, 3.8) is 0 Å². The molecule has 0 atom stereocenters. The van der Waals surface area contributed by atoms with Crippen LogP contribution in [0.1, 0.15) is 55.7 Å². The van der Waals surface area contributed by atoms with Gasteiger partial charge < -0.3 is 5.11 Å². The molecule has 4 nitrogen and oxygen atoms in total. The van der Waals surface area contributed by atoms with Crippen LogP contribution in [0.25, 0.3) is 0 Å². The number of rotatable bonds is 5. The highest BCUT2D eigenvalue weighted by atomic mass is 16.4. The van der Waals surface area contributed by atoms with E-state index in [1.165, 1.54) is 25.7 Å². The lowest BCUT2D eigenvalue weighted by atomic mass is 9.74. The van der Waals surface area contributed by atoms with E-state index < -0.39 is 5.97 Å². The van der Waals surface area contributed by atoms with E-state index in [0.29, 0.717) is 5.41 Å². The minimum Gasteiger partial charge on any atom is -0.477 e. The summed E-state index contributed by atoms with van der Waals surface area (Å²) in [6.07, 6.45) is 4.98. The molecular formula is C16H24N2O2. The van der Waals surface area contributed by atoms with Gasteiger partial charge in [0.2, 0.25) is 0 Å². The summed E-state index contributed by atoms with van der Waals surface area (Å²) in [5.74, 6) is -0.957. The van der Waals surface area contributed by atoms with Gasteiger partial charge in [-0.1, -0.05) is 32.8 Å². The molecule has 4 heteroatoms. The predicted molar refractivity (Wildman–Crippen MR) is 78.7 cm³/mol. The molecule has 1 aromatic heterocycles. The van der Waals surface area contributed by atoms with Gasteiger partial charge in [0.05, 0.1) is 5.69 Å². The Morgan fingerprint density at radius 1 is 1.30 bits per heavy atom. The lowest BCUT2D eigenvalue weighted by Gasteiger charge is -2.40. The van der Waals surface area contributed by atoms with Gasteiger partial charge in [-0.05, 0) is 43.5 Å². The Balaban J connectivity index is 1.96. The fraction of sp³-hybridized carbons (Fsp3) is 0.625. The number of aromatic carboxylic acids is 1. The van der Waals surface area contributed by atoms with Crippen molar-refractivity contribution in [3.05, 3.63) is 29.6 Å². The van der Waals surface area contributed by atoms with E-state index >= 15 is 0 Å². The minimum absolute atomic E-state index is 0.135. The molecule has 110 valence electrons. The fourth-order valence-corrected chi connectivity index (χ4v) is 3.06. The highest BCUT2D eigenvalue weighted by Gasteiger charge is 2.31. The average Bonchev–Trinajstić information content (AvgIpc) is 2.49. The minimum atomic E-state index is -0.957. The molecule has 0 radical (unpaired) electrons. The van der Waals surface area contributed by atoms with Crippen LogP contribution in [-0.2, 0) is 6.54 Å². The number of hydrogen-bond donors (Lipinski definition) is 1. The van der Waals surface area contributed by atoms with Crippen LogP contribution >= 0.6 is 0 Å². The van der Waals surface area contributed by atoms with Gasteiger partial charge in [-0.3, -0.25) is 4.90 Å². The Morgan fingerprint density at radius 2 is 1.95 bits per heavy atom. The van der Waals surface area contributed by atoms with Crippen LogP contribution in [0.4, 0.5) is 0 Å². The van der Waals surface area contributed by atoms with Crippen LogP contribution in [0, 0.1) is 5.41 Å². The summed E-state index contributed by atoms with van der Waals surface area (Å²) in [5.41, 5.74) is 1.51. The normalized spacial score (nSPS) is 18.9. The first-order valence-corrected chi connectivity index (χ1v) is 7.50. The van der Waals surface area contributed by atoms with E-state index in [1.54, 1.807) is 12.1 Å². The summed E-state index contributed by atoms with van der Waals surface area (Å²) >= 11 is 0. The lowest BCUT2D eigenvalue weighted by Crippen LogP contribution is -2.39. The molecule has 20 heavy (non-hydrogen) atoms. The number of hydrogen-bond acceptors (Lipinski definition) is 3. The van der Waals surface area contributed by atoms with Crippen molar-refractivity contribution in [3.8, 4) is 0 Å². The smallest absolute Gasteiger partial charge is 0.354 e. The number of carboxylic acid groups (broad SMARTS) is 1. The molecule has 0 saturated carbocycles. The number of pyridine rings is 1. The molecule has 2 rings (SSSR count). The van der Waals surface area contributed by atoms with Crippen molar-refractivity contribution in [2.75, 3.05) is 13.1 Å². The number of piperidine rings is 1. The zero-order valence-electron chi connectivity index (χ0n) is 12.4. The number of carboxylic acids is 1. The average molecular weight is 276 g/mol. The first kappa shape index (κ1) is 15.0. The molecule has 0 aromatic carbocycles. The molecule has 1 aliphatic heterocycles. The van der Waals surface area contributed by atoms with Gasteiger partial charge in [-0.2, -0.15) is 0 Å². The molecule has 1 fully saturated rings. The number of nitrogens with zero attached hydrogens (tertiary/aromatic N) is 2. The number of carbonyl (C=O) groups is 1. The SMILES string of the molecule is CCC1(CC)CCN(Cc2cccc(C(=O)O)n2)CC1. The van der Waals surface area contributed by atoms with E-state index in [1.807, 2.05) is 6.07 Å². The van der Waals surface area contributed by atoms with Crippen LogP contribution < -0.4 is 0 Å². The summed E-state index contributed by atoms with van der Waals surface area (Å²) in [4.78, 5) is 17.5. The molecule has 2 heterocycles. The lowest BCUT2D eigenvalue weighted by molar-refractivity contribution is 0.0689. The van der Waals surface area contributed by atoms with Crippen molar-refractivity contribution in [1.82, 2.24) is 9.88 Å². The van der Waals surface area contributed by atoms with Crippen LogP contribution in [0.2, 0.25) is 0 Å². The standard InChI is InChI=1S/C16H24N2O2/c1-3-16(4-2)8-10-18(11-9-16)12-13-6-5-7-14(17-13)15(19)20/h5-7H,3-4,8-12H2,1-2H3,(H,19,20). The van der Waals surface area contributed by atoms with Crippen molar-refractivity contribution >= 4 is 5.97 Å². The maximum absolute atomic E-state index is 10.9. The highest BCUT2D eigenvalue weighted by molar-refractivity contribution is 5.85. The molecule has 1 saturated heterocycles. The highest BCUT2D eigenvalue weighted by Crippen LogP contribution is 2.38. The molecular weight excluding hydrogens is 252 g/mol. The van der Waals surface area contributed by atoms with E-state index in [0.717, 1.165) is 25.3 Å². The van der Waals surface area contributed by atoms with Crippen molar-refractivity contribution in [2.45, 2.75) is 46.1 Å². The molecule has 1 aliphatic rings. The Morgan fingerprint density at radius 3 is 2.50 bits per heavy atom. The van der Waals surface area contributed by atoms with Gasteiger partial charge in [0.25, 0.3) is 0 Å². The van der Waals surface area contributed by atoms with Crippen molar-refractivity contribution in [1.29, 1.82) is 0 Å². The van der Waals surface area contributed by atoms with Gasteiger partial charge in [0.1, 0.15) is 5.69 Å². The second-order valence-corrected chi connectivity index (χ2v) is 5.80. The zero-order chi connectivity index (χ0) is 14.6. The van der Waals surface area contributed by atoms with Crippen LogP contribution in [-0.4, -0.2) is 34.0 Å². The number of likely N-dealkylation sites (tertiary alicyclic amines) is 1. The molecule has 1 aromatic rings. The summed E-state index contributed by atoms with van der Waals surface area (Å²) in [6.45, 7) is 7.50. The Bertz CT molecular complexity index is 459. The van der Waals surface area contributed by atoms with Crippen molar-refractivity contribution < 1.29 is 9.90 Å². The Kier molecular flexibility index (Phi) is 4.76. The summed E-state index contributed by atoms with van der Waals surface area (Å²) < 4.78 is 0. The Labute approximate surface area is 120 Å². The molecule has 0 spiro atoms. The van der Waals surface area contributed by atoms with E-state index in [4.69, 9.17) is 5.11 Å². The second kappa shape index (κ2) is 6.35. The summed E-state index contributed by atoms with van der Waals surface area (Å²) in [7, 11) is 0. The maximum Gasteiger partial charge on any atom is 0.354 e. The van der Waals surface area contributed by atoms with E-state index in [9.17, 15) is 4.79 Å². The predicted octanol–water partition coefficient (Wildman–Crippen LogP) is 3.18. The molecule has 0 unspecified atom stereocenters. The van der Waals surface area contributed by atoms with E-state index in [-0.39, 0.29) is 5.69 Å². The molecule has 0 bridgehead atoms. The van der Waals surface area contributed by atoms with Gasteiger partial charge >= 0.3 is 5.97 Å². The van der Waals surface area contributed by atoms with Gasteiger partial charge in [0.15, 0.2) is 0 Å². The zero-order valence-corrected chi connectivity index (χ0v) is 12.4. The van der Waals surface area contributed by atoms with Gasteiger partial charge in [-0.25, -0.2) is 9.78 Å². The third-order valence-corrected chi connectivity index (χ3v) is 4.83. The summed E-state index contributed by atoms with van der Waals surface area (Å²) in [5, 5.41) is 8.97. The molecule has 0 aliphatic carbocycles. The first-order chi connectivity index (χ1) is 9.58. The second-order valence-electron chi connectivity index (χ2n) is 5.80. The third-order valence-electron chi connectivity index (χ3n) is 4.83. The maximum atomic E-state index is 10.9. The van der Waals surface area contributed by atoms with E-state index in [2.05, 4.69) is 23.7 Å². The monoisotopic (exact) mass is 276 g/mol.